The molecule has 6 nitrogen and oxygen atoms in total. The van der Waals surface area contributed by atoms with Gasteiger partial charge in [-0.05, 0) is 24.1 Å². The molecule has 0 unspecified atom stereocenters. The summed E-state index contributed by atoms with van der Waals surface area (Å²) in [5.74, 6) is -1.48. The van der Waals surface area contributed by atoms with E-state index < -0.39 is 5.97 Å². The van der Waals surface area contributed by atoms with Crippen molar-refractivity contribution in [3.05, 3.63) is 46.8 Å². The van der Waals surface area contributed by atoms with E-state index in [0.29, 0.717) is 17.8 Å². The molecule has 2 amide bonds. The molecule has 1 aromatic heterocycles. The summed E-state index contributed by atoms with van der Waals surface area (Å²) in [4.78, 5) is 36.6. The predicted molar refractivity (Wildman–Crippen MR) is 87.0 cm³/mol. The number of thiophene rings is 1. The second-order valence-corrected chi connectivity index (χ2v) is 6.07. The van der Waals surface area contributed by atoms with Gasteiger partial charge in [0.1, 0.15) is 6.54 Å². The van der Waals surface area contributed by atoms with Crippen molar-refractivity contribution < 1.29 is 19.5 Å². The molecule has 1 aromatic carbocycles. The summed E-state index contributed by atoms with van der Waals surface area (Å²) in [6.07, 6.45) is 1.06. The number of fused-ring (bicyclic) bond motifs is 1. The number of carbonyl (C=O) groups excluding carboxylic acids is 2. The van der Waals surface area contributed by atoms with E-state index in [9.17, 15) is 14.4 Å². The van der Waals surface area contributed by atoms with Gasteiger partial charge < -0.3 is 15.3 Å². The molecule has 0 atom stereocenters. The number of rotatable bonds is 4. The average Bonchev–Trinajstić information content (AvgIpc) is 2.99. The summed E-state index contributed by atoms with van der Waals surface area (Å²) < 4.78 is 0. The second kappa shape index (κ2) is 6.21. The molecule has 2 heterocycles. The maximum Gasteiger partial charge on any atom is 0.336 e. The summed E-state index contributed by atoms with van der Waals surface area (Å²) in [6.45, 7) is -0.0872. The van der Waals surface area contributed by atoms with E-state index in [1.807, 2.05) is 24.3 Å². The number of benzene rings is 1. The van der Waals surface area contributed by atoms with Crippen molar-refractivity contribution in [1.82, 2.24) is 0 Å². The number of carboxylic acids is 1. The standard InChI is InChI=1S/C16H14N2O4S/c19-13(17-14-7-11(9-23-14)16(21)22)8-18-12-4-2-1-3-10(12)5-6-15(18)20/h1-4,7,9H,5-6,8H2,(H,17,19)(H,21,22). The summed E-state index contributed by atoms with van der Waals surface area (Å²) >= 11 is 1.14. The summed E-state index contributed by atoms with van der Waals surface area (Å²) in [6, 6.07) is 8.92. The van der Waals surface area contributed by atoms with E-state index in [1.54, 1.807) is 0 Å². The molecule has 0 fully saturated rings. The number of para-hydroxylation sites is 1. The normalized spacial score (nSPS) is 13.6. The number of nitrogens with one attached hydrogen (secondary N) is 1. The number of hydrogen-bond donors (Lipinski definition) is 2. The Balaban J connectivity index is 1.72. The molecule has 7 heteroatoms. The topological polar surface area (TPSA) is 86.7 Å². The molecule has 0 saturated heterocycles. The van der Waals surface area contributed by atoms with Crippen LogP contribution in [0.25, 0.3) is 0 Å². The first-order valence-corrected chi connectivity index (χ1v) is 7.92. The van der Waals surface area contributed by atoms with Gasteiger partial charge in [-0.2, -0.15) is 0 Å². The number of anilines is 2. The van der Waals surface area contributed by atoms with Crippen molar-refractivity contribution in [3.63, 3.8) is 0 Å². The summed E-state index contributed by atoms with van der Waals surface area (Å²) in [5.41, 5.74) is 1.94. The first-order valence-electron chi connectivity index (χ1n) is 7.04. The molecule has 23 heavy (non-hydrogen) atoms. The molecule has 0 spiro atoms. The fourth-order valence-electron chi connectivity index (χ4n) is 2.50. The minimum Gasteiger partial charge on any atom is -0.478 e. The largest absolute Gasteiger partial charge is 0.478 e. The van der Waals surface area contributed by atoms with Crippen LogP contribution in [0, 0.1) is 0 Å². The fraction of sp³-hybridized carbons (Fsp3) is 0.188. The van der Waals surface area contributed by atoms with Gasteiger partial charge in [0.2, 0.25) is 11.8 Å². The van der Waals surface area contributed by atoms with Gasteiger partial charge in [-0.3, -0.25) is 9.59 Å². The highest BCUT2D eigenvalue weighted by Crippen LogP contribution is 2.27. The van der Waals surface area contributed by atoms with Crippen LogP contribution in [0.3, 0.4) is 0 Å². The number of aryl methyl sites for hydroxylation is 1. The molecule has 118 valence electrons. The predicted octanol–water partition coefficient (Wildman–Crippen LogP) is 2.36. The number of carboxylic acid groups (broad SMARTS) is 1. The third kappa shape index (κ3) is 3.24. The number of hydrogen-bond acceptors (Lipinski definition) is 4. The maximum atomic E-state index is 12.2. The van der Waals surface area contributed by atoms with Crippen LogP contribution >= 0.6 is 11.3 Å². The zero-order valence-corrected chi connectivity index (χ0v) is 12.9. The fourth-order valence-corrected chi connectivity index (χ4v) is 3.29. The molecule has 3 rings (SSSR count). The van der Waals surface area contributed by atoms with Gasteiger partial charge in [-0.15, -0.1) is 11.3 Å². The van der Waals surface area contributed by atoms with Gasteiger partial charge >= 0.3 is 5.97 Å². The molecule has 1 aliphatic rings. The molecular formula is C16H14N2O4S. The number of aromatic carboxylic acids is 1. The third-order valence-corrected chi connectivity index (χ3v) is 4.45. The van der Waals surface area contributed by atoms with E-state index >= 15 is 0 Å². The molecule has 2 N–H and O–H groups in total. The first-order chi connectivity index (χ1) is 11.0. The van der Waals surface area contributed by atoms with Crippen molar-refractivity contribution >= 4 is 39.8 Å². The van der Waals surface area contributed by atoms with Crippen molar-refractivity contribution in [1.29, 1.82) is 0 Å². The second-order valence-electron chi connectivity index (χ2n) is 5.16. The third-order valence-electron chi connectivity index (χ3n) is 3.60. The lowest BCUT2D eigenvalue weighted by atomic mass is 10.0. The molecule has 2 aromatic rings. The highest BCUT2D eigenvalue weighted by atomic mass is 32.1. The average molecular weight is 330 g/mol. The van der Waals surface area contributed by atoms with E-state index in [0.717, 1.165) is 22.6 Å². The Labute approximate surface area is 136 Å². The monoisotopic (exact) mass is 330 g/mol. The SMILES string of the molecule is O=C(CN1C(=O)CCc2ccccc21)Nc1cc(C(=O)O)cs1. The van der Waals surface area contributed by atoms with Gasteiger partial charge in [0, 0.05) is 17.5 Å². The quantitative estimate of drug-likeness (QED) is 0.901. The van der Waals surface area contributed by atoms with E-state index in [4.69, 9.17) is 5.11 Å². The van der Waals surface area contributed by atoms with Gasteiger partial charge in [0.15, 0.2) is 0 Å². The van der Waals surface area contributed by atoms with Crippen molar-refractivity contribution in [3.8, 4) is 0 Å². The Bertz CT molecular complexity index is 784. The molecule has 1 aliphatic heterocycles. The number of amides is 2. The van der Waals surface area contributed by atoms with Crippen LogP contribution in [0.1, 0.15) is 22.3 Å². The van der Waals surface area contributed by atoms with Crippen LogP contribution in [0.5, 0.6) is 0 Å². The van der Waals surface area contributed by atoms with E-state index in [-0.39, 0.29) is 23.9 Å². The highest BCUT2D eigenvalue weighted by Gasteiger charge is 2.25. The molecule has 0 bridgehead atoms. The Hall–Kier alpha value is -2.67. The van der Waals surface area contributed by atoms with E-state index in [1.165, 1.54) is 16.3 Å². The Morgan fingerprint density at radius 2 is 2.04 bits per heavy atom. The molecular weight excluding hydrogens is 316 g/mol. The summed E-state index contributed by atoms with van der Waals surface area (Å²) in [7, 11) is 0. The van der Waals surface area contributed by atoms with Gasteiger partial charge in [-0.25, -0.2) is 4.79 Å². The van der Waals surface area contributed by atoms with Crippen molar-refractivity contribution in [2.45, 2.75) is 12.8 Å². The highest BCUT2D eigenvalue weighted by molar-refractivity contribution is 7.14. The number of carbonyl (C=O) groups is 3. The molecule has 0 aliphatic carbocycles. The Morgan fingerprint density at radius 1 is 1.26 bits per heavy atom. The zero-order valence-electron chi connectivity index (χ0n) is 12.1. The smallest absolute Gasteiger partial charge is 0.336 e. The van der Waals surface area contributed by atoms with E-state index in [2.05, 4.69) is 5.32 Å². The minimum atomic E-state index is -1.04. The van der Waals surface area contributed by atoms with Gasteiger partial charge in [0.05, 0.1) is 10.6 Å². The van der Waals surface area contributed by atoms with Gasteiger partial charge in [0.25, 0.3) is 0 Å². The minimum absolute atomic E-state index is 0.0868. The van der Waals surface area contributed by atoms with Crippen LogP contribution in [-0.2, 0) is 16.0 Å². The Kier molecular flexibility index (Phi) is 4.12. The van der Waals surface area contributed by atoms with Gasteiger partial charge in [-0.1, -0.05) is 18.2 Å². The van der Waals surface area contributed by atoms with Crippen LogP contribution in [-0.4, -0.2) is 29.4 Å². The van der Waals surface area contributed by atoms with Crippen molar-refractivity contribution in [2.24, 2.45) is 0 Å². The lowest BCUT2D eigenvalue weighted by molar-refractivity contribution is -0.121. The summed E-state index contributed by atoms with van der Waals surface area (Å²) in [5, 5.41) is 13.4. The van der Waals surface area contributed by atoms with Crippen LogP contribution in [0.4, 0.5) is 10.7 Å². The van der Waals surface area contributed by atoms with Crippen LogP contribution in [0.2, 0.25) is 0 Å². The molecule has 0 radical (unpaired) electrons. The van der Waals surface area contributed by atoms with Crippen LogP contribution in [0.15, 0.2) is 35.7 Å². The first kappa shape index (κ1) is 15.2. The lowest BCUT2D eigenvalue weighted by Gasteiger charge is -2.28. The van der Waals surface area contributed by atoms with Crippen molar-refractivity contribution in [2.75, 3.05) is 16.8 Å². The maximum absolute atomic E-state index is 12.2. The Morgan fingerprint density at radius 3 is 2.78 bits per heavy atom. The number of nitrogens with zero attached hydrogens (tertiary/aromatic N) is 1. The zero-order chi connectivity index (χ0) is 16.4. The van der Waals surface area contributed by atoms with Crippen LogP contribution < -0.4 is 10.2 Å². The molecule has 0 saturated carbocycles. The lowest BCUT2D eigenvalue weighted by Crippen LogP contribution is -2.40.